The Kier molecular flexibility index (Phi) is 5.76. The summed E-state index contributed by atoms with van der Waals surface area (Å²) < 4.78 is 1.99. The number of para-hydroxylation sites is 2. The molecule has 0 aliphatic rings. The number of rotatable bonds is 7. The Labute approximate surface area is 152 Å². The van der Waals surface area contributed by atoms with Crippen LogP contribution < -0.4 is 5.32 Å². The Balaban J connectivity index is 1.61. The topological polar surface area (TPSA) is 46.9 Å². The summed E-state index contributed by atoms with van der Waals surface area (Å²) in [5.74, 6) is 0.0269. The quantitative estimate of drug-likeness (QED) is 0.656. The van der Waals surface area contributed by atoms with Gasteiger partial charge in [0.25, 0.3) is 0 Å². The van der Waals surface area contributed by atoms with E-state index in [1.54, 1.807) is 11.8 Å². The molecule has 0 aliphatic carbocycles. The third-order valence-corrected chi connectivity index (χ3v) is 4.90. The fourth-order valence-electron chi connectivity index (χ4n) is 2.93. The lowest BCUT2D eigenvalue weighted by atomic mass is 10.1. The molecule has 130 valence electrons. The number of hydrogen-bond acceptors (Lipinski definition) is 3. The predicted octanol–water partition coefficient (Wildman–Crippen LogP) is 3.90. The molecule has 3 aromatic rings. The highest BCUT2D eigenvalue weighted by Gasteiger charge is 2.14. The monoisotopic (exact) mass is 353 g/mol. The molecule has 0 bridgehead atoms. The predicted molar refractivity (Wildman–Crippen MR) is 104 cm³/mol. The van der Waals surface area contributed by atoms with Crippen LogP contribution in [0.15, 0.2) is 59.8 Å². The van der Waals surface area contributed by atoms with Crippen molar-refractivity contribution in [1.29, 1.82) is 0 Å². The minimum Gasteiger partial charge on any atom is -0.352 e. The van der Waals surface area contributed by atoms with Crippen molar-refractivity contribution < 1.29 is 4.79 Å². The number of fused-ring (bicyclic) bond motifs is 1. The normalized spacial score (nSPS) is 12.2. The van der Waals surface area contributed by atoms with Crippen LogP contribution in [0.1, 0.15) is 18.9 Å². The van der Waals surface area contributed by atoms with Crippen LogP contribution in [0.4, 0.5) is 0 Å². The first-order valence-electron chi connectivity index (χ1n) is 8.50. The largest absolute Gasteiger partial charge is 0.352 e. The molecule has 0 saturated heterocycles. The number of nitrogens with one attached hydrogen (secondary N) is 1. The minimum absolute atomic E-state index is 0.0269. The molecule has 25 heavy (non-hydrogen) atoms. The third-order valence-electron chi connectivity index (χ3n) is 4.22. The third kappa shape index (κ3) is 4.42. The van der Waals surface area contributed by atoms with Gasteiger partial charge in [0.15, 0.2) is 5.16 Å². The van der Waals surface area contributed by atoms with E-state index in [9.17, 15) is 4.79 Å². The molecule has 1 N–H and O–H groups in total. The molecule has 0 aliphatic heterocycles. The molecule has 5 heteroatoms. The van der Waals surface area contributed by atoms with Gasteiger partial charge in [-0.3, -0.25) is 4.79 Å². The zero-order chi connectivity index (χ0) is 17.6. The van der Waals surface area contributed by atoms with Crippen LogP contribution in [-0.4, -0.2) is 27.8 Å². The molecule has 3 rings (SSSR count). The van der Waals surface area contributed by atoms with Crippen LogP contribution in [0.25, 0.3) is 11.0 Å². The first kappa shape index (κ1) is 17.5. The minimum atomic E-state index is 0.0269. The Morgan fingerprint density at radius 2 is 1.88 bits per heavy atom. The van der Waals surface area contributed by atoms with Crippen molar-refractivity contribution in [2.24, 2.45) is 0 Å². The van der Waals surface area contributed by atoms with E-state index in [1.807, 2.05) is 53.3 Å². The van der Waals surface area contributed by atoms with Crippen molar-refractivity contribution in [2.45, 2.75) is 37.5 Å². The summed E-state index contributed by atoms with van der Waals surface area (Å²) in [6, 6.07) is 18.4. The number of carbonyl (C=O) groups excluding carboxylic acids is 1. The van der Waals surface area contributed by atoms with Gasteiger partial charge < -0.3 is 9.88 Å². The van der Waals surface area contributed by atoms with Crippen molar-refractivity contribution in [3.8, 4) is 0 Å². The first-order chi connectivity index (χ1) is 12.2. The van der Waals surface area contributed by atoms with Crippen molar-refractivity contribution in [3.63, 3.8) is 0 Å². The first-order valence-corrected chi connectivity index (χ1v) is 9.72. The molecule has 1 atom stereocenters. The molecule has 4 nitrogen and oxygen atoms in total. The summed E-state index contributed by atoms with van der Waals surface area (Å²) in [6.45, 7) is 2.36. The van der Waals surface area contributed by atoms with E-state index in [0.717, 1.165) is 29.0 Å². The van der Waals surface area contributed by atoms with Crippen molar-refractivity contribution in [3.05, 3.63) is 60.2 Å². The highest BCUT2D eigenvalue weighted by Crippen LogP contribution is 2.22. The van der Waals surface area contributed by atoms with Gasteiger partial charge in [-0.2, -0.15) is 0 Å². The van der Waals surface area contributed by atoms with Crippen molar-refractivity contribution >= 4 is 28.7 Å². The average molecular weight is 353 g/mol. The SMILES string of the molecule is CSc1nc2ccccc2n1CC(=O)N[C@H](C)CCc1ccccc1. The van der Waals surface area contributed by atoms with E-state index in [2.05, 4.69) is 29.4 Å². The number of thioether (sulfide) groups is 1. The molecule has 1 amide bonds. The van der Waals surface area contributed by atoms with Gasteiger partial charge in [0.05, 0.1) is 11.0 Å². The van der Waals surface area contributed by atoms with E-state index in [4.69, 9.17) is 0 Å². The van der Waals surface area contributed by atoms with Crippen LogP contribution in [0, 0.1) is 0 Å². The number of carbonyl (C=O) groups is 1. The van der Waals surface area contributed by atoms with E-state index in [0.29, 0.717) is 6.54 Å². The number of aromatic nitrogens is 2. The molecule has 0 unspecified atom stereocenters. The van der Waals surface area contributed by atoms with Crippen LogP contribution in [0.5, 0.6) is 0 Å². The van der Waals surface area contributed by atoms with Gasteiger partial charge in [0, 0.05) is 6.04 Å². The van der Waals surface area contributed by atoms with E-state index in [-0.39, 0.29) is 11.9 Å². The number of imidazole rings is 1. The van der Waals surface area contributed by atoms with Crippen LogP contribution in [0.2, 0.25) is 0 Å². The molecule has 0 spiro atoms. The van der Waals surface area contributed by atoms with Gasteiger partial charge in [-0.15, -0.1) is 0 Å². The highest BCUT2D eigenvalue weighted by molar-refractivity contribution is 7.98. The number of nitrogens with zero attached hydrogens (tertiary/aromatic N) is 2. The summed E-state index contributed by atoms with van der Waals surface area (Å²) in [5.41, 5.74) is 3.23. The molecule has 2 aromatic carbocycles. The van der Waals surface area contributed by atoms with Gasteiger partial charge in [-0.1, -0.05) is 54.2 Å². The van der Waals surface area contributed by atoms with Gasteiger partial charge >= 0.3 is 0 Å². The highest BCUT2D eigenvalue weighted by atomic mass is 32.2. The molecular formula is C20H23N3OS. The van der Waals surface area contributed by atoms with Crippen LogP contribution >= 0.6 is 11.8 Å². The van der Waals surface area contributed by atoms with E-state index >= 15 is 0 Å². The Bertz CT molecular complexity index is 845. The maximum atomic E-state index is 12.5. The fraction of sp³-hybridized carbons (Fsp3) is 0.300. The van der Waals surface area contributed by atoms with Crippen LogP contribution in [0.3, 0.4) is 0 Å². The van der Waals surface area contributed by atoms with Gasteiger partial charge in [0.1, 0.15) is 6.54 Å². The molecule has 1 aromatic heterocycles. The number of aryl methyl sites for hydroxylation is 1. The number of hydrogen-bond donors (Lipinski definition) is 1. The lowest BCUT2D eigenvalue weighted by Crippen LogP contribution is -2.35. The fourth-order valence-corrected chi connectivity index (χ4v) is 3.50. The molecule has 0 saturated carbocycles. The Hall–Kier alpha value is -2.27. The summed E-state index contributed by atoms with van der Waals surface area (Å²) in [6.07, 6.45) is 3.88. The molecular weight excluding hydrogens is 330 g/mol. The zero-order valence-corrected chi connectivity index (χ0v) is 15.4. The molecule has 1 heterocycles. The average Bonchev–Trinajstić information content (AvgIpc) is 2.98. The summed E-state index contributed by atoms with van der Waals surface area (Å²) in [4.78, 5) is 17.1. The second kappa shape index (κ2) is 8.21. The zero-order valence-electron chi connectivity index (χ0n) is 14.6. The van der Waals surface area contributed by atoms with Crippen molar-refractivity contribution in [1.82, 2.24) is 14.9 Å². The maximum absolute atomic E-state index is 12.5. The smallest absolute Gasteiger partial charge is 0.240 e. The number of benzene rings is 2. The molecule has 0 radical (unpaired) electrons. The second-order valence-corrected chi connectivity index (χ2v) is 6.94. The molecule has 0 fully saturated rings. The summed E-state index contributed by atoms with van der Waals surface area (Å²) >= 11 is 1.56. The lowest BCUT2D eigenvalue weighted by molar-refractivity contribution is -0.122. The second-order valence-electron chi connectivity index (χ2n) is 6.17. The summed E-state index contributed by atoms with van der Waals surface area (Å²) in [7, 11) is 0. The van der Waals surface area contributed by atoms with Gasteiger partial charge in [-0.25, -0.2) is 4.98 Å². The maximum Gasteiger partial charge on any atom is 0.240 e. The standard InChI is InChI=1S/C20H23N3OS/c1-15(12-13-16-8-4-3-5-9-16)21-19(24)14-23-18-11-7-6-10-17(18)22-20(23)25-2/h3-11,15H,12-14H2,1-2H3,(H,21,24)/t15-/m1/s1. The lowest BCUT2D eigenvalue weighted by Gasteiger charge is -2.15. The van der Waals surface area contributed by atoms with Gasteiger partial charge in [0.2, 0.25) is 5.91 Å². The summed E-state index contributed by atoms with van der Waals surface area (Å²) in [5, 5.41) is 3.98. The van der Waals surface area contributed by atoms with Crippen LogP contribution in [-0.2, 0) is 17.8 Å². The Morgan fingerprint density at radius 3 is 2.64 bits per heavy atom. The number of amides is 1. The van der Waals surface area contributed by atoms with Gasteiger partial charge in [-0.05, 0) is 43.7 Å². The van der Waals surface area contributed by atoms with E-state index in [1.165, 1.54) is 5.56 Å². The van der Waals surface area contributed by atoms with E-state index < -0.39 is 0 Å². The Morgan fingerprint density at radius 1 is 1.16 bits per heavy atom. The van der Waals surface area contributed by atoms with Crippen molar-refractivity contribution in [2.75, 3.05) is 6.26 Å².